The predicted octanol–water partition coefficient (Wildman–Crippen LogP) is -1.66. The maximum absolute atomic E-state index is 11.6. The Morgan fingerprint density at radius 3 is 2.80 bits per heavy atom. The third-order valence-corrected chi connectivity index (χ3v) is 2.20. The average Bonchev–Trinajstić information content (AvgIpc) is 2.58. The molecule has 2 aromatic heterocycles. The Morgan fingerprint density at radius 1 is 1.53 bits per heavy atom. The molecule has 0 atom stereocenters. The summed E-state index contributed by atoms with van der Waals surface area (Å²) < 4.78 is 6.30. The lowest BCUT2D eigenvalue weighted by Gasteiger charge is -2.00. The van der Waals surface area contributed by atoms with E-state index in [1.165, 1.54) is 7.05 Å². The average molecular weight is 212 g/mol. The first-order valence-electron chi connectivity index (χ1n) is 4.27. The molecule has 8 heteroatoms. The molecule has 15 heavy (non-hydrogen) atoms. The van der Waals surface area contributed by atoms with E-state index in [4.69, 9.17) is 0 Å². The van der Waals surface area contributed by atoms with Gasteiger partial charge in [-0.15, -0.1) is 0 Å². The fourth-order valence-corrected chi connectivity index (χ4v) is 1.40. The third-order valence-electron chi connectivity index (χ3n) is 2.20. The molecule has 0 aliphatic rings. The zero-order valence-corrected chi connectivity index (χ0v) is 8.13. The largest absolute Gasteiger partial charge is 0.359 e. The molecule has 2 heterocycles. The summed E-state index contributed by atoms with van der Waals surface area (Å²) in [7, 11) is 1.42. The number of aromatic nitrogens is 4. The van der Waals surface area contributed by atoms with Gasteiger partial charge in [0, 0.05) is 13.6 Å². The van der Waals surface area contributed by atoms with Gasteiger partial charge in [-0.2, -0.15) is 0 Å². The molecule has 0 aliphatic carbocycles. The molecule has 8 nitrogen and oxygen atoms in total. The van der Waals surface area contributed by atoms with Crippen LogP contribution in [0.4, 0.5) is 0 Å². The maximum atomic E-state index is 11.6. The van der Waals surface area contributed by atoms with Crippen LogP contribution in [0, 0.1) is 5.21 Å². The number of nitrogens with zero attached hydrogens (tertiary/aromatic N) is 4. The van der Waals surface area contributed by atoms with E-state index in [1.807, 2.05) is 0 Å². The molecule has 0 unspecified atom stereocenters. The Kier molecular flexibility index (Phi) is 1.85. The highest BCUT2D eigenvalue weighted by Crippen LogP contribution is 1.96. The number of hydrogen-bond acceptors (Lipinski definition) is 5. The van der Waals surface area contributed by atoms with Gasteiger partial charge in [-0.3, -0.25) is 18.6 Å². The molecule has 80 valence electrons. The Balaban J connectivity index is 3.13. The van der Waals surface area contributed by atoms with Crippen LogP contribution >= 0.6 is 0 Å². The summed E-state index contributed by atoms with van der Waals surface area (Å²) in [6, 6.07) is 0. The molecular formula is C7H8N4O4. The number of hydrogen-bond donors (Lipinski definition) is 0. The van der Waals surface area contributed by atoms with Crippen molar-refractivity contribution in [3.05, 3.63) is 26.0 Å². The smallest absolute Gasteiger partial charge is 0.334 e. The van der Waals surface area contributed by atoms with Crippen LogP contribution < -0.4 is 16.2 Å². The first-order valence-corrected chi connectivity index (χ1v) is 4.27. The van der Waals surface area contributed by atoms with Crippen LogP contribution in [-0.4, -0.2) is 14.3 Å². The summed E-state index contributed by atoms with van der Waals surface area (Å²) in [6.45, 7) is 1.82. The normalized spacial score (nSPS) is 11.1. The van der Waals surface area contributed by atoms with Crippen molar-refractivity contribution in [3.8, 4) is 0 Å². The number of aryl methyl sites for hydroxylation is 1. The lowest BCUT2D eigenvalue weighted by Crippen LogP contribution is -2.42. The molecule has 0 radical (unpaired) electrons. The first-order chi connectivity index (χ1) is 7.07. The predicted molar refractivity (Wildman–Crippen MR) is 48.1 cm³/mol. The van der Waals surface area contributed by atoms with Crippen LogP contribution in [0.3, 0.4) is 0 Å². The van der Waals surface area contributed by atoms with E-state index >= 15 is 0 Å². The second-order valence-electron chi connectivity index (χ2n) is 2.99. The lowest BCUT2D eigenvalue weighted by molar-refractivity contribution is -0.782. The van der Waals surface area contributed by atoms with Crippen molar-refractivity contribution < 1.29 is 9.53 Å². The van der Waals surface area contributed by atoms with E-state index < -0.39 is 11.2 Å². The highest BCUT2D eigenvalue weighted by atomic mass is 16.8. The molecule has 0 saturated heterocycles. The highest BCUT2D eigenvalue weighted by molar-refractivity contribution is 5.63. The van der Waals surface area contributed by atoms with E-state index in [2.05, 4.69) is 9.79 Å². The summed E-state index contributed by atoms with van der Waals surface area (Å²) in [6.07, 6.45) is 0. The Hall–Kier alpha value is -2.12. The molecule has 0 aromatic carbocycles. The Bertz CT molecular complexity index is 635. The zero-order valence-electron chi connectivity index (χ0n) is 8.13. The van der Waals surface area contributed by atoms with Crippen molar-refractivity contribution in [1.82, 2.24) is 14.3 Å². The highest BCUT2D eigenvalue weighted by Gasteiger charge is 2.21. The molecule has 0 aliphatic heterocycles. The fourth-order valence-electron chi connectivity index (χ4n) is 1.40. The van der Waals surface area contributed by atoms with Gasteiger partial charge in [-0.1, -0.05) is 0 Å². The quantitative estimate of drug-likeness (QED) is 0.527. The van der Waals surface area contributed by atoms with Crippen molar-refractivity contribution in [1.29, 1.82) is 0 Å². The van der Waals surface area contributed by atoms with E-state index in [1.54, 1.807) is 6.92 Å². The molecule has 0 N–H and O–H groups in total. The van der Waals surface area contributed by atoms with Crippen molar-refractivity contribution in [2.75, 3.05) is 0 Å². The van der Waals surface area contributed by atoms with Gasteiger partial charge in [0.1, 0.15) is 0 Å². The summed E-state index contributed by atoms with van der Waals surface area (Å²) in [5.41, 5.74) is -1.53. The molecule has 0 bridgehead atoms. The van der Waals surface area contributed by atoms with Crippen molar-refractivity contribution in [2.45, 2.75) is 13.5 Å². The summed E-state index contributed by atoms with van der Waals surface area (Å²) in [4.78, 5) is 23.2. The van der Waals surface area contributed by atoms with Gasteiger partial charge in [0.05, 0.1) is 5.16 Å². The second-order valence-corrected chi connectivity index (χ2v) is 2.99. The van der Waals surface area contributed by atoms with Gasteiger partial charge < -0.3 is 5.21 Å². The van der Waals surface area contributed by atoms with Crippen molar-refractivity contribution >= 4 is 11.2 Å². The number of rotatable bonds is 1. The SMILES string of the molecule is CCn1c(=O)c2c(no[n+]2[O-])n(C)c1=O. The van der Waals surface area contributed by atoms with Gasteiger partial charge in [-0.05, 0) is 11.8 Å². The van der Waals surface area contributed by atoms with Gasteiger partial charge in [-0.25, -0.2) is 4.79 Å². The summed E-state index contributed by atoms with van der Waals surface area (Å²) in [5.74, 6) is 0. The van der Waals surface area contributed by atoms with Crippen LogP contribution in [-0.2, 0) is 13.6 Å². The van der Waals surface area contributed by atoms with E-state index in [0.29, 0.717) is 0 Å². The van der Waals surface area contributed by atoms with Crippen LogP contribution in [0.5, 0.6) is 0 Å². The molecular weight excluding hydrogens is 204 g/mol. The molecule has 0 fully saturated rings. The van der Waals surface area contributed by atoms with E-state index in [-0.39, 0.29) is 22.6 Å². The van der Waals surface area contributed by atoms with Crippen molar-refractivity contribution in [3.63, 3.8) is 0 Å². The standard InChI is InChI=1S/C7H8N4O4/c1-3-10-6(12)4-5(8-15-11(4)14)9(2)7(10)13/h3H2,1-2H3. The topological polar surface area (TPSA) is 97.0 Å². The Morgan fingerprint density at radius 2 is 2.20 bits per heavy atom. The van der Waals surface area contributed by atoms with E-state index in [9.17, 15) is 14.8 Å². The summed E-state index contributed by atoms with van der Waals surface area (Å²) in [5, 5.41) is 14.4. The molecule has 2 aromatic rings. The first kappa shape index (κ1) is 9.44. The summed E-state index contributed by atoms with van der Waals surface area (Å²) >= 11 is 0. The molecule has 0 amide bonds. The minimum atomic E-state index is -0.688. The van der Waals surface area contributed by atoms with Crippen LogP contribution in [0.15, 0.2) is 14.2 Å². The maximum Gasteiger partial charge on any atom is 0.334 e. The lowest BCUT2D eigenvalue weighted by atomic mass is 10.5. The Labute approximate surface area is 82.5 Å². The van der Waals surface area contributed by atoms with Gasteiger partial charge in [0.2, 0.25) is 0 Å². The fraction of sp³-hybridized carbons (Fsp3) is 0.429. The van der Waals surface area contributed by atoms with Gasteiger partial charge in [0.15, 0.2) is 0 Å². The van der Waals surface area contributed by atoms with Crippen LogP contribution in [0.25, 0.3) is 11.2 Å². The zero-order chi connectivity index (χ0) is 11.2. The molecule has 0 saturated carbocycles. The van der Waals surface area contributed by atoms with Gasteiger partial charge in [0.25, 0.3) is 0 Å². The third kappa shape index (κ3) is 1.07. The van der Waals surface area contributed by atoms with E-state index in [0.717, 1.165) is 9.13 Å². The molecule has 0 spiro atoms. The van der Waals surface area contributed by atoms with Crippen LogP contribution in [0.1, 0.15) is 6.92 Å². The second kappa shape index (κ2) is 2.94. The van der Waals surface area contributed by atoms with Crippen LogP contribution in [0.2, 0.25) is 0 Å². The van der Waals surface area contributed by atoms with Gasteiger partial charge >= 0.3 is 22.4 Å². The van der Waals surface area contributed by atoms with Crippen molar-refractivity contribution in [2.24, 2.45) is 7.05 Å². The minimum Gasteiger partial charge on any atom is -0.359 e. The molecule has 2 rings (SSSR count). The monoisotopic (exact) mass is 212 g/mol. The minimum absolute atomic E-state index is 0.00324. The number of fused-ring (bicyclic) bond motifs is 1.